The topological polar surface area (TPSA) is 237 Å². The lowest BCUT2D eigenvalue weighted by Crippen LogP contribution is -2.30. The number of hydrogen-bond acceptors (Lipinski definition) is 15. The first kappa shape index (κ1) is 87.5. The summed E-state index contributed by atoms with van der Waals surface area (Å²) in [6, 6.07) is 0. The Balaban J connectivity index is 5.28. The zero-order valence-corrected chi connectivity index (χ0v) is 59.7. The summed E-state index contributed by atoms with van der Waals surface area (Å²) >= 11 is 0. The molecule has 0 heterocycles. The number of aliphatic hydroxyl groups is 1. The Hall–Kier alpha value is -2.46. The predicted molar refractivity (Wildman–Crippen MR) is 363 cm³/mol. The summed E-state index contributed by atoms with van der Waals surface area (Å²) in [7, 11) is -9.91. The largest absolute Gasteiger partial charge is 0.472 e. The van der Waals surface area contributed by atoms with E-state index in [1.54, 1.807) is 0 Å². The molecule has 17 nitrogen and oxygen atoms in total. The lowest BCUT2D eigenvalue weighted by atomic mass is 10.0. The molecule has 0 saturated heterocycles. The Bertz CT molecular complexity index is 1850. The van der Waals surface area contributed by atoms with Gasteiger partial charge in [-0.15, -0.1) is 0 Å². The van der Waals surface area contributed by atoms with Gasteiger partial charge in [-0.1, -0.05) is 284 Å². The Labute approximate surface area is 548 Å². The van der Waals surface area contributed by atoms with E-state index in [2.05, 4.69) is 65.8 Å². The normalized spacial score (nSPS) is 14.3. The molecular formula is C71H134O17P2. The molecule has 0 amide bonds. The van der Waals surface area contributed by atoms with E-state index in [1.807, 2.05) is 0 Å². The van der Waals surface area contributed by atoms with Crippen LogP contribution in [0.25, 0.3) is 0 Å². The van der Waals surface area contributed by atoms with Crippen LogP contribution in [-0.2, 0) is 65.4 Å². The number of aliphatic hydroxyl groups excluding tert-OH is 1. The molecule has 0 rings (SSSR count). The average molecular weight is 1320 g/mol. The molecule has 0 bridgehead atoms. The highest BCUT2D eigenvalue weighted by Gasteiger charge is 2.30. The molecular weight excluding hydrogens is 1190 g/mol. The summed E-state index contributed by atoms with van der Waals surface area (Å²) in [5, 5.41) is 10.6. The third-order valence-corrected chi connectivity index (χ3v) is 17.7. The quantitative estimate of drug-likeness (QED) is 0.0169. The van der Waals surface area contributed by atoms with E-state index in [0.29, 0.717) is 31.6 Å². The fourth-order valence-electron chi connectivity index (χ4n) is 10.2. The van der Waals surface area contributed by atoms with E-state index < -0.39 is 97.5 Å². The van der Waals surface area contributed by atoms with Crippen molar-refractivity contribution in [1.29, 1.82) is 0 Å². The first-order valence-corrected chi connectivity index (χ1v) is 39.3. The monoisotopic (exact) mass is 1320 g/mol. The van der Waals surface area contributed by atoms with E-state index in [1.165, 1.54) is 135 Å². The molecule has 0 fully saturated rings. The molecule has 0 spiro atoms. The molecule has 0 aromatic rings. The first-order valence-electron chi connectivity index (χ1n) is 36.3. The third kappa shape index (κ3) is 64.3. The van der Waals surface area contributed by atoms with Gasteiger partial charge in [0.2, 0.25) is 0 Å². The molecule has 90 heavy (non-hydrogen) atoms. The summed E-state index contributed by atoms with van der Waals surface area (Å²) in [6.45, 7) is 9.41. The van der Waals surface area contributed by atoms with Crippen molar-refractivity contribution in [3.8, 4) is 0 Å². The van der Waals surface area contributed by atoms with Crippen LogP contribution in [-0.4, -0.2) is 96.7 Å². The van der Waals surface area contributed by atoms with E-state index >= 15 is 0 Å². The predicted octanol–water partition coefficient (Wildman–Crippen LogP) is 19.9. The smallest absolute Gasteiger partial charge is 0.462 e. The van der Waals surface area contributed by atoms with Gasteiger partial charge in [-0.3, -0.25) is 37.3 Å². The second-order valence-electron chi connectivity index (χ2n) is 25.9. The second kappa shape index (κ2) is 62.6. The van der Waals surface area contributed by atoms with Crippen molar-refractivity contribution in [3.05, 3.63) is 24.3 Å². The van der Waals surface area contributed by atoms with Crippen LogP contribution in [0.2, 0.25) is 0 Å². The zero-order valence-electron chi connectivity index (χ0n) is 57.9. The highest BCUT2D eigenvalue weighted by molar-refractivity contribution is 7.47. The molecule has 3 N–H and O–H groups in total. The summed E-state index contributed by atoms with van der Waals surface area (Å²) < 4.78 is 68.2. The maximum atomic E-state index is 13.0. The Morgan fingerprint density at radius 3 is 0.911 bits per heavy atom. The van der Waals surface area contributed by atoms with Gasteiger partial charge in [0.15, 0.2) is 12.2 Å². The number of hydrogen-bond donors (Lipinski definition) is 3. The van der Waals surface area contributed by atoms with Crippen LogP contribution in [0.15, 0.2) is 24.3 Å². The molecule has 0 aliphatic rings. The summed E-state index contributed by atoms with van der Waals surface area (Å²) in [6.07, 6.45) is 50.9. The van der Waals surface area contributed by atoms with Crippen molar-refractivity contribution in [2.45, 2.75) is 355 Å². The standard InChI is InChI=1S/C71H134O17P2/c1-7-9-11-13-15-17-19-20-21-22-28-32-36-44-50-56-71(76)87-66(59-81-68(73)53-47-41-34-30-27-24-23-26-29-33-39-45-51-63(3)4)61-85-89(77,78)83-57-65(72)58-84-90(79,80)86-62-67(60-82-69(74)54-48-42-38-37-40-46-52-64(5)6)88-70(75)55-49-43-35-31-25-18-16-14-12-10-8-2/h17,19-21,63-67,72H,7-16,18,22-62H2,1-6H3,(H,77,78)(H,79,80)/b19-17-,21-20-/t65-,66-,67-/m1/s1. The van der Waals surface area contributed by atoms with Crippen LogP contribution in [0.3, 0.4) is 0 Å². The van der Waals surface area contributed by atoms with Crippen LogP contribution >= 0.6 is 15.6 Å². The van der Waals surface area contributed by atoms with Crippen LogP contribution in [0.4, 0.5) is 0 Å². The van der Waals surface area contributed by atoms with Crippen LogP contribution in [0.5, 0.6) is 0 Å². The molecule has 2 unspecified atom stereocenters. The van der Waals surface area contributed by atoms with Gasteiger partial charge in [-0.2, -0.15) is 0 Å². The van der Waals surface area contributed by atoms with Gasteiger partial charge in [-0.25, -0.2) is 9.13 Å². The van der Waals surface area contributed by atoms with Gasteiger partial charge in [0.1, 0.15) is 19.3 Å². The minimum absolute atomic E-state index is 0.0848. The molecule has 0 aliphatic carbocycles. The van der Waals surface area contributed by atoms with Gasteiger partial charge >= 0.3 is 39.5 Å². The lowest BCUT2D eigenvalue weighted by molar-refractivity contribution is -0.161. The Morgan fingerprint density at radius 1 is 0.344 bits per heavy atom. The first-order chi connectivity index (χ1) is 43.4. The third-order valence-electron chi connectivity index (χ3n) is 15.8. The van der Waals surface area contributed by atoms with Crippen molar-refractivity contribution in [2.75, 3.05) is 39.6 Å². The van der Waals surface area contributed by atoms with Crippen LogP contribution < -0.4 is 0 Å². The summed E-state index contributed by atoms with van der Waals surface area (Å²) in [5.74, 6) is -0.697. The number of phosphoric acid groups is 2. The Kier molecular flexibility index (Phi) is 60.9. The number of carbonyl (C=O) groups excluding carboxylic acids is 4. The molecule has 5 atom stereocenters. The Morgan fingerprint density at radius 2 is 0.600 bits per heavy atom. The second-order valence-corrected chi connectivity index (χ2v) is 28.8. The van der Waals surface area contributed by atoms with Gasteiger partial charge in [-0.05, 0) is 63.2 Å². The van der Waals surface area contributed by atoms with Crippen molar-refractivity contribution in [1.82, 2.24) is 0 Å². The van der Waals surface area contributed by atoms with Gasteiger partial charge in [0.05, 0.1) is 26.4 Å². The molecule has 0 aliphatic heterocycles. The van der Waals surface area contributed by atoms with Crippen molar-refractivity contribution >= 4 is 39.5 Å². The summed E-state index contributed by atoms with van der Waals surface area (Å²) in [4.78, 5) is 72.5. The van der Waals surface area contributed by atoms with Crippen molar-refractivity contribution in [3.63, 3.8) is 0 Å². The molecule has 0 aromatic carbocycles. The molecule has 0 aromatic heterocycles. The molecule has 0 saturated carbocycles. The van der Waals surface area contributed by atoms with Crippen LogP contribution in [0, 0.1) is 11.8 Å². The van der Waals surface area contributed by atoms with E-state index in [-0.39, 0.29) is 25.7 Å². The average Bonchev–Trinajstić information content (AvgIpc) is 2.86. The number of esters is 4. The minimum Gasteiger partial charge on any atom is -0.462 e. The van der Waals surface area contributed by atoms with Gasteiger partial charge in [0, 0.05) is 25.7 Å². The lowest BCUT2D eigenvalue weighted by Gasteiger charge is -2.21. The number of rotatable bonds is 68. The number of allylic oxidation sites excluding steroid dienone is 4. The molecule has 19 heteroatoms. The van der Waals surface area contributed by atoms with Gasteiger partial charge < -0.3 is 33.8 Å². The fraction of sp³-hybridized carbons (Fsp3) is 0.887. The maximum Gasteiger partial charge on any atom is 0.472 e. The zero-order chi connectivity index (χ0) is 66.5. The SMILES string of the molecule is CCCCCC/C=C\C=C/CCCCCCCC(=O)O[C@H](COC(=O)CCCCCCCCCCCCCCC(C)C)COP(=O)(O)OC[C@@H](O)COP(=O)(O)OC[C@@H](COC(=O)CCCCCCCCC(C)C)OC(=O)CCCCCCCCCCCCC. The number of phosphoric ester groups is 2. The number of unbranched alkanes of at least 4 members (excludes halogenated alkanes) is 35. The number of ether oxygens (including phenoxy) is 4. The minimum atomic E-state index is -4.96. The molecule has 0 radical (unpaired) electrons. The van der Waals surface area contributed by atoms with E-state index in [9.17, 15) is 43.2 Å². The van der Waals surface area contributed by atoms with Crippen molar-refractivity contribution in [2.24, 2.45) is 11.8 Å². The van der Waals surface area contributed by atoms with E-state index in [4.69, 9.17) is 37.0 Å². The maximum absolute atomic E-state index is 13.0. The summed E-state index contributed by atoms with van der Waals surface area (Å²) in [5.41, 5.74) is 0. The van der Waals surface area contributed by atoms with Crippen LogP contribution in [0.1, 0.15) is 337 Å². The molecule has 530 valence electrons. The van der Waals surface area contributed by atoms with E-state index in [0.717, 1.165) is 115 Å². The number of carbonyl (C=O) groups is 4. The highest BCUT2D eigenvalue weighted by Crippen LogP contribution is 2.45. The fourth-order valence-corrected chi connectivity index (χ4v) is 11.8. The highest BCUT2D eigenvalue weighted by atomic mass is 31.2. The van der Waals surface area contributed by atoms with Gasteiger partial charge in [0.25, 0.3) is 0 Å². The van der Waals surface area contributed by atoms with Crippen molar-refractivity contribution < 1.29 is 80.2 Å².